The zero-order valence-electron chi connectivity index (χ0n) is 22.4. The fourth-order valence-corrected chi connectivity index (χ4v) is 6.07. The van der Waals surface area contributed by atoms with E-state index in [0.717, 1.165) is 37.1 Å². The Morgan fingerprint density at radius 1 is 0.895 bits per heavy atom. The number of hydrogen-bond acceptors (Lipinski definition) is 2. The van der Waals surface area contributed by atoms with Crippen molar-refractivity contribution in [2.24, 2.45) is 5.92 Å². The zero-order valence-corrected chi connectivity index (χ0v) is 24.5. The molecule has 4 aromatic carbocycles. The Morgan fingerprint density at radius 2 is 1.55 bits per heavy atom. The predicted octanol–water partition coefficient (Wildman–Crippen LogP) is 8.34. The molecule has 4 aromatic rings. The molecule has 0 saturated carbocycles. The molecule has 1 saturated heterocycles. The third kappa shape index (κ3) is 6.47. The van der Waals surface area contributed by atoms with Gasteiger partial charge in [-0.05, 0) is 132 Å². The fraction of sp³-hybridized carbons (Fsp3) is 0.324. The topological polar surface area (TPSA) is 32.3 Å². The minimum atomic E-state index is -0.00191. The molecule has 0 radical (unpaired) electrons. The van der Waals surface area contributed by atoms with Crippen molar-refractivity contribution in [2.75, 3.05) is 13.1 Å². The molecule has 1 N–H and O–H groups in total. The van der Waals surface area contributed by atoms with Crippen molar-refractivity contribution >= 4 is 39.3 Å². The quantitative estimate of drug-likeness (QED) is 0.202. The van der Waals surface area contributed by atoms with Gasteiger partial charge in [0.1, 0.15) is 0 Å². The van der Waals surface area contributed by atoms with Crippen LogP contribution in [-0.2, 0) is 6.42 Å². The Bertz CT molecular complexity index is 1360. The average molecular weight is 617 g/mol. The average Bonchev–Trinajstić information content (AvgIpc) is 2.96. The molecule has 38 heavy (non-hydrogen) atoms. The number of nitrogens with one attached hydrogen (secondary N) is 1. The highest BCUT2D eigenvalue weighted by Gasteiger charge is 2.24. The van der Waals surface area contributed by atoms with E-state index in [2.05, 4.69) is 126 Å². The Balaban J connectivity index is 1.13. The van der Waals surface area contributed by atoms with Gasteiger partial charge in [-0.2, -0.15) is 0 Å². The van der Waals surface area contributed by atoms with Crippen molar-refractivity contribution in [2.45, 2.75) is 51.6 Å². The van der Waals surface area contributed by atoms with Crippen molar-refractivity contribution in [3.63, 3.8) is 0 Å². The molecule has 2 atom stereocenters. The van der Waals surface area contributed by atoms with Gasteiger partial charge in [0.15, 0.2) is 0 Å². The van der Waals surface area contributed by atoms with Crippen LogP contribution in [0.3, 0.4) is 0 Å². The maximum Gasteiger partial charge on any atom is 0.251 e. The van der Waals surface area contributed by atoms with E-state index in [-0.39, 0.29) is 11.9 Å². The van der Waals surface area contributed by atoms with Crippen LogP contribution >= 0.6 is 22.6 Å². The Hall–Kier alpha value is -2.70. The summed E-state index contributed by atoms with van der Waals surface area (Å²) in [6.07, 6.45) is 4.38. The van der Waals surface area contributed by atoms with Gasteiger partial charge >= 0.3 is 0 Å². The van der Waals surface area contributed by atoms with Gasteiger partial charge in [0.25, 0.3) is 5.91 Å². The minimum Gasteiger partial charge on any atom is -0.345 e. The van der Waals surface area contributed by atoms with Crippen molar-refractivity contribution < 1.29 is 4.79 Å². The number of hydrogen-bond donors (Lipinski definition) is 1. The third-order valence-corrected chi connectivity index (χ3v) is 8.90. The van der Waals surface area contributed by atoms with Crippen LogP contribution in [0.25, 0.3) is 10.8 Å². The van der Waals surface area contributed by atoms with Gasteiger partial charge in [-0.25, -0.2) is 0 Å². The van der Waals surface area contributed by atoms with Gasteiger partial charge < -0.3 is 5.32 Å². The number of halogens is 1. The lowest BCUT2D eigenvalue weighted by atomic mass is 9.88. The second-order valence-corrected chi connectivity index (χ2v) is 11.9. The van der Waals surface area contributed by atoms with E-state index in [4.69, 9.17) is 0 Å². The van der Waals surface area contributed by atoms with Gasteiger partial charge in [0, 0.05) is 15.2 Å². The van der Waals surface area contributed by atoms with Crippen LogP contribution in [0.1, 0.15) is 72.2 Å². The number of amides is 1. The first-order valence-corrected chi connectivity index (χ1v) is 15.0. The highest BCUT2D eigenvalue weighted by molar-refractivity contribution is 14.1. The molecular formula is C34H37IN2O. The molecule has 4 heteroatoms. The van der Waals surface area contributed by atoms with E-state index < -0.39 is 0 Å². The van der Waals surface area contributed by atoms with Gasteiger partial charge in [-0.15, -0.1) is 0 Å². The number of fused-ring (bicyclic) bond motifs is 1. The van der Waals surface area contributed by atoms with E-state index in [1.54, 1.807) is 0 Å². The summed E-state index contributed by atoms with van der Waals surface area (Å²) < 4.78 is 1.20. The summed E-state index contributed by atoms with van der Waals surface area (Å²) in [5, 5.41) is 5.84. The van der Waals surface area contributed by atoms with Crippen LogP contribution in [0.2, 0.25) is 0 Å². The maximum atomic E-state index is 12.9. The fourth-order valence-electron chi connectivity index (χ4n) is 5.71. The summed E-state index contributed by atoms with van der Waals surface area (Å²) in [4.78, 5) is 15.6. The van der Waals surface area contributed by atoms with Crippen LogP contribution in [0.15, 0.2) is 91.0 Å². The monoisotopic (exact) mass is 616 g/mol. The molecule has 1 aliphatic rings. The second kappa shape index (κ2) is 12.4. The maximum absolute atomic E-state index is 12.9. The van der Waals surface area contributed by atoms with Crippen LogP contribution in [0.4, 0.5) is 0 Å². The van der Waals surface area contributed by atoms with Gasteiger partial charge in [0.05, 0.1) is 6.04 Å². The molecule has 1 amide bonds. The van der Waals surface area contributed by atoms with Crippen LogP contribution < -0.4 is 5.32 Å². The zero-order chi connectivity index (χ0) is 26.5. The summed E-state index contributed by atoms with van der Waals surface area (Å²) in [6.45, 7) is 6.72. The number of rotatable bonds is 8. The molecule has 0 bridgehead atoms. The molecule has 0 aromatic heterocycles. The number of likely N-dealkylation sites (tertiary alicyclic amines) is 1. The van der Waals surface area contributed by atoms with E-state index in [0.29, 0.717) is 12.0 Å². The van der Waals surface area contributed by atoms with E-state index in [9.17, 15) is 4.79 Å². The van der Waals surface area contributed by atoms with Crippen LogP contribution in [0, 0.1) is 9.49 Å². The molecule has 1 aliphatic heterocycles. The second-order valence-electron chi connectivity index (χ2n) is 10.6. The van der Waals surface area contributed by atoms with Crippen molar-refractivity contribution in [1.82, 2.24) is 10.2 Å². The standard InChI is InChI=1S/C34H37IN2O/c1-3-33(28-14-16-32(35)17-15-28)36-34(38)29-10-8-25(9-11-29)22-26-18-20-37(21-19-26)24(2)30-13-12-27-6-4-5-7-31(27)23-30/h4-17,23-24,26,33H,3,18-22H2,1-2H3,(H,36,38). The summed E-state index contributed by atoms with van der Waals surface area (Å²) in [7, 11) is 0. The Labute approximate surface area is 240 Å². The summed E-state index contributed by atoms with van der Waals surface area (Å²) in [5.41, 5.74) is 4.62. The molecule has 1 fully saturated rings. The van der Waals surface area contributed by atoms with E-state index >= 15 is 0 Å². The predicted molar refractivity (Wildman–Crippen MR) is 166 cm³/mol. The minimum absolute atomic E-state index is 0.00191. The van der Waals surface area contributed by atoms with Crippen molar-refractivity contribution in [3.8, 4) is 0 Å². The smallest absolute Gasteiger partial charge is 0.251 e. The molecule has 1 heterocycles. The van der Waals surface area contributed by atoms with Crippen molar-refractivity contribution in [1.29, 1.82) is 0 Å². The SMILES string of the molecule is CCC(NC(=O)c1ccc(CC2CCN(C(C)c3ccc4ccccc4c3)CC2)cc1)c1ccc(I)cc1. The number of piperidine rings is 1. The first-order valence-electron chi connectivity index (χ1n) is 13.9. The number of nitrogens with zero attached hydrogens (tertiary/aromatic N) is 1. The van der Waals surface area contributed by atoms with Crippen LogP contribution in [0.5, 0.6) is 0 Å². The summed E-state index contributed by atoms with van der Waals surface area (Å²) >= 11 is 2.31. The van der Waals surface area contributed by atoms with Crippen molar-refractivity contribution in [3.05, 3.63) is 117 Å². The first kappa shape index (κ1) is 26.9. The molecule has 0 aliphatic carbocycles. The molecule has 3 nitrogen and oxygen atoms in total. The van der Waals surface area contributed by atoms with Gasteiger partial charge in [-0.3, -0.25) is 9.69 Å². The summed E-state index contributed by atoms with van der Waals surface area (Å²) in [5.74, 6) is 0.693. The van der Waals surface area contributed by atoms with Gasteiger partial charge in [-0.1, -0.05) is 67.6 Å². The molecule has 5 rings (SSSR count). The lowest BCUT2D eigenvalue weighted by Crippen LogP contribution is -2.36. The molecule has 196 valence electrons. The number of benzene rings is 4. The van der Waals surface area contributed by atoms with Crippen LogP contribution in [-0.4, -0.2) is 23.9 Å². The first-order chi connectivity index (χ1) is 18.5. The number of carbonyl (C=O) groups excluding carboxylic acids is 1. The van der Waals surface area contributed by atoms with E-state index in [1.165, 1.54) is 38.3 Å². The molecule has 2 unspecified atom stereocenters. The Morgan fingerprint density at radius 3 is 2.24 bits per heavy atom. The number of carbonyl (C=O) groups is 1. The Kier molecular flexibility index (Phi) is 8.80. The summed E-state index contributed by atoms with van der Waals surface area (Å²) in [6, 6.07) is 32.6. The molecular weight excluding hydrogens is 579 g/mol. The highest BCUT2D eigenvalue weighted by atomic mass is 127. The lowest BCUT2D eigenvalue weighted by molar-refractivity contribution is 0.0935. The van der Waals surface area contributed by atoms with Gasteiger partial charge in [0.2, 0.25) is 0 Å². The third-order valence-electron chi connectivity index (χ3n) is 8.18. The molecule has 0 spiro atoms. The lowest BCUT2D eigenvalue weighted by Gasteiger charge is -2.36. The largest absolute Gasteiger partial charge is 0.345 e. The van der Waals surface area contributed by atoms with E-state index in [1.807, 2.05) is 12.1 Å². The normalized spacial score (nSPS) is 16.3. The highest BCUT2D eigenvalue weighted by Crippen LogP contribution is 2.30.